The van der Waals surface area contributed by atoms with Gasteiger partial charge in [-0.1, -0.05) is 32.0 Å². The normalized spacial score (nSPS) is 11.7. The molecule has 0 unspecified atom stereocenters. The number of nitrogens with one attached hydrogen (secondary N) is 2. The Balaban J connectivity index is 1.93. The Morgan fingerprint density at radius 3 is 2.38 bits per heavy atom. The summed E-state index contributed by atoms with van der Waals surface area (Å²) in [6, 6.07) is 13.7. The zero-order valence-electron chi connectivity index (χ0n) is 20.3. The number of rotatable bonds is 9. The Bertz CT molecular complexity index is 939. The Morgan fingerprint density at radius 1 is 1.03 bits per heavy atom. The molecule has 32 heavy (non-hydrogen) atoms. The molecule has 0 atom stereocenters. The molecule has 0 aliphatic rings. The first-order valence-corrected chi connectivity index (χ1v) is 10.7. The number of hydrogen-bond acceptors (Lipinski definition) is 4. The van der Waals surface area contributed by atoms with Crippen LogP contribution in [0.15, 0.2) is 47.5 Å². The van der Waals surface area contributed by atoms with Crippen molar-refractivity contribution in [2.24, 2.45) is 4.99 Å². The highest BCUT2D eigenvalue weighted by atomic mass is 16.5. The average molecular weight is 441 g/mol. The van der Waals surface area contributed by atoms with E-state index in [4.69, 9.17) is 9.47 Å². The SMILES string of the molecule is CN=C(NCCc1cccc(C(=O)N(C)C)c1)NCC(C)(C)c1ccc(OC)c(OC)c1. The maximum atomic E-state index is 12.2. The van der Waals surface area contributed by atoms with Crippen LogP contribution in [0.4, 0.5) is 0 Å². The van der Waals surface area contributed by atoms with Crippen LogP contribution < -0.4 is 20.1 Å². The zero-order chi connectivity index (χ0) is 23.7. The maximum Gasteiger partial charge on any atom is 0.253 e. The van der Waals surface area contributed by atoms with Gasteiger partial charge in [0.1, 0.15) is 0 Å². The first-order chi connectivity index (χ1) is 15.2. The molecule has 1 amide bonds. The van der Waals surface area contributed by atoms with E-state index in [1.54, 1.807) is 40.3 Å². The molecule has 174 valence electrons. The van der Waals surface area contributed by atoms with Crippen molar-refractivity contribution < 1.29 is 14.3 Å². The Hall–Kier alpha value is -3.22. The van der Waals surface area contributed by atoms with Crippen molar-refractivity contribution in [3.8, 4) is 11.5 Å². The summed E-state index contributed by atoms with van der Waals surface area (Å²) < 4.78 is 10.8. The second kappa shape index (κ2) is 11.4. The van der Waals surface area contributed by atoms with Gasteiger partial charge in [-0.3, -0.25) is 9.79 Å². The van der Waals surface area contributed by atoms with E-state index < -0.39 is 0 Å². The lowest BCUT2D eigenvalue weighted by molar-refractivity contribution is 0.0827. The topological polar surface area (TPSA) is 75.2 Å². The number of carbonyl (C=O) groups excluding carboxylic acids is 1. The Labute approximate surface area is 191 Å². The molecule has 0 radical (unpaired) electrons. The highest BCUT2D eigenvalue weighted by Crippen LogP contribution is 2.32. The molecule has 0 heterocycles. The first-order valence-electron chi connectivity index (χ1n) is 10.7. The minimum Gasteiger partial charge on any atom is -0.493 e. The quantitative estimate of drug-likeness (QED) is 0.463. The van der Waals surface area contributed by atoms with Gasteiger partial charge in [-0.15, -0.1) is 0 Å². The van der Waals surface area contributed by atoms with E-state index in [0.717, 1.165) is 29.3 Å². The van der Waals surface area contributed by atoms with E-state index in [-0.39, 0.29) is 11.3 Å². The van der Waals surface area contributed by atoms with Crippen LogP contribution >= 0.6 is 0 Å². The molecule has 0 aromatic heterocycles. The van der Waals surface area contributed by atoms with Crippen molar-refractivity contribution in [3.05, 3.63) is 59.2 Å². The predicted octanol–water partition coefficient (Wildman–Crippen LogP) is 3.09. The molecule has 0 aliphatic heterocycles. The predicted molar refractivity (Wildman–Crippen MR) is 130 cm³/mol. The van der Waals surface area contributed by atoms with Crippen LogP contribution in [0, 0.1) is 0 Å². The van der Waals surface area contributed by atoms with Gasteiger partial charge < -0.3 is 25.0 Å². The summed E-state index contributed by atoms with van der Waals surface area (Å²) in [7, 11) is 8.56. The van der Waals surface area contributed by atoms with Gasteiger partial charge in [-0.05, 0) is 41.8 Å². The number of carbonyl (C=O) groups is 1. The van der Waals surface area contributed by atoms with E-state index in [2.05, 4.69) is 35.5 Å². The highest BCUT2D eigenvalue weighted by Gasteiger charge is 2.22. The monoisotopic (exact) mass is 440 g/mol. The summed E-state index contributed by atoms with van der Waals surface area (Å²) in [6.45, 7) is 5.73. The molecule has 2 aromatic rings. The summed E-state index contributed by atoms with van der Waals surface area (Å²) in [5.74, 6) is 2.18. The number of aliphatic imine (C=N–C) groups is 1. The van der Waals surface area contributed by atoms with E-state index in [1.165, 1.54) is 0 Å². The van der Waals surface area contributed by atoms with Gasteiger partial charge >= 0.3 is 0 Å². The van der Waals surface area contributed by atoms with Crippen LogP contribution in [0.25, 0.3) is 0 Å². The molecule has 0 saturated heterocycles. The molecule has 2 aromatic carbocycles. The van der Waals surface area contributed by atoms with E-state index in [9.17, 15) is 4.79 Å². The third-order valence-corrected chi connectivity index (χ3v) is 5.37. The van der Waals surface area contributed by atoms with Crippen LogP contribution in [0.3, 0.4) is 0 Å². The van der Waals surface area contributed by atoms with Gasteiger partial charge in [-0.25, -0.2) is 0 Å². The van der Waals surface area contributed by atoms with Gasteiger partial charge in [0.25, 0.3) is 5.91 Å². The maximum absolute atomic E-state index is 12.2. The number of benzene rings is 2. The molecular formula is C25H36N4O3. The van der Waals surface area contributed by atoms with Crippen LogP contribution in [-0.4, -0.2) is 65.2 Å². The molecule has 0 aliphatic carbocycles. The molecule has 0 fully saturated rings. The number of hydrogen-bond donors (Lipinski definition) is 2. The highest BCUT2D eigenvalue weighted by molar-refractivity contribution is 5.94. The standard InChI is InChI=1S/C25H36N4O3/c1-25(2,20-11-12-21(31-6)22(16-20)32-7)17-28-24(26-3)27-14-13-18-9-8-10-19(15-18)23(30)29(4)5/h8-12,15-16H,13-14,17H2,1-7H3,(H2,26,27,28). The first kappa shape index (κ1) is 25.0. The summed E-state index contributed by atoms with van der Waals surface area (Å²) in [5, 5.41) is 6.76. The molecule has 0 spiro atoms. The molecule has 2 rings (SSSR count). The van der Waals surface area contributed by atoms with Crippen LogP contribution in [0.5, 0.6) is 11.5 Å². The zero-order valence-corrected chi connectivity index (χ0v) is 20.3. The third-order valence-electron chi connectivity index (χ3n) is 5.37. The van der Waals surface area contributed by atoms with Crippen molar-refractivity contribution in [2.75, 3.05) is 48.5 Å². The van der Waals surface area contributed by atoms with Gasteiger partial charge in [-0.2, -0.15) is 0 Å². The Kier molecular flexibility index (Phi) is 8.93. The molecule has 7 heteroatoms. The molecule has 7 nitrogen and oxygen atoms in total. The summed E-state index contributed by atoms with van der Waals surface area (Å²) >= 11 is 0. The van der Waals surface area contributed by atoms with Crippen molar-refractivity contribution in [2.45, 2.75) is 25.7 Å². The van der Waals surface area contributed by atoms with Crippen LogP contribution in [0.1, 0.15) is 35.3 Å². The van der Waals surface area contributed by atoms with E-state index in [0.29, 0.717) is 24.4 Å². The second-order valence-corrected chi connectivity index (χ2v) is 8.46. The minimum atomic E-state index is -0.155. The molecule has 2 N–H and O–H groups in total. The van der Waals surface area contributed by atoms with Crippen molar-refractivity contribution >= 4 is 11.9 Å². The van der Waals surface area contributed by atoms with Gasteiger partial charge in [0, 0.05) is 45.2 Å². The van der Waals surface area contributed by atoms with Gasteiger partial charge in [0.2, 0.25) is 0 Å². The Morgan fingerprint density at radius 2 is 1.75 bits per heavy atom. The van der Waals surface area contributed by atoms with Crippen LogP contribution in [-0.2, 0) is 11.8 Å². The lowest BCUT2D eigenvalue weighted by Gasteiger charge is -2.27. The van der Waals surface area contributed by atoms with E-state index in [1.807, 2.05) is 36.4 Å². The van der Waals surface area contributed by atoms with Crippen molar-refractivity contribution in [3.63, 3.8) is 0 Å². The second-order valence-electron chi connectivity index (χ2n) is 8.46. The molecule has 0 saturated carbocycles. The number of amides is 1. The molecule has 0 bridgehead atoms. The summed E-state index contributed by atoms with van der Waals surface area (Å²) in [6.07, 6.45) is 0.786. The van der Waals surface area contributed by atoms with E-state index >= 15 is 0 Å². The summed E-state index contributed by atoms with van der Waals surface area (Å²) in [4.78, 5) is 18.1. The van der Waals surface area contributed by atoms with Gasteiger partial charge in [0.05, 0.1) is 14.2 Å². The lowest BCUT2D eigenvalue weighted by Crippen LogP contribution is -2.44. The third kappa shape index (κ3) is 6.64. The number of methoxy groups -OCH3 is 2. The fourth-order valence-electron chi connectivity index (χ4n) is 3.33. The lowest BCUT2D eigenvalue weighted by atomic mass is 9.84. The van der Waals surface area contributed by atoms with Crippen molar-refractivity contribution in [1.82, 2.24) is 15.5 Å². The van der Waals surface area contributed by atoms with Gasteiger partial charge in [0.15, 0.2) is 17.5 Å². The fraction of sp³-hybridized carbons (Fsp3) is 0.440. The fourth-order valence-corrected chi connectivity index (χ4v) is 3.33. The summed E-state index contributed by atoms with van der Waals surface area (Å²) in [5.41, 5.74) is 2.79. The van der Waals surface area contributed by atoms with Crippen LogP contribution in [0.2, 0.25) is 0 Å². The number of ether oxygens (including phenoxy) is 2. The minimum absolute atomic E-state index is 0.00896. The smallest absolute Gasteiger partial charge is 0.253 e. The average Bonchev–Trinajstić information content (AvgIpc) is 2.80. The number of nitrogens with zero attached hydrogens (tertiary/aromatic N) is 2. The molecular weight excluding hydrogens is 404 g/mol. The number of guanidine groups is 1. The van der Waals surface area contributed by atoms with Crippen molar-refractivity contribution in [1.29, 1.82) is 0 Å². The largest absolute Gasteiger partial charge is 0.493 e.